The number of aromatic hydroxyl groups is 1. The second-order valence-electron chi connectivity index (χ2n) is 11.9. The number of esters is 1. The normalized spacial score (nSPS) is 31.5. The highest BCUT2D eigenvalue weighted by Gasteiger charge is 2.69. The van der Waals surface area contributed by atoms with Crippen molar-refractivity contribution < 1.29 is 44.3 Å². The number of carbonyl (C=O) groups excluding carboxylic acids is 4. The van der Waals surface area contributed by atoms with E-state index in [4.69, 9.17) is 4.74 Å². The summed E-state index contributed by atoms with van der Waals surface area (Å²) in [4.78, 5) is 56.2. The third kappa shape index (κ3) is 4.28. The Morgan fingerprint density at radius 1 is 1.10 bits per heavy atom. The molecule has 0 aromatic heterocycles. The number of aliphatic hydroxyl groups is 3. The van der Waals surface area contributed by atoms with Gasteiger partial charge in [-0.2, -0.15) is 0 Å². The van der Waals surface area contributed by atoms with Crippen LogP contribution >= 0.6 is 22.6 Å². The number of halogens is 1. The largest absolute Gasteiger partial charge is 0.508 e. The van der Waals surface area contributed by atoms with Gasteiger partial charge in [0.1, 0.15) is 28.9 Å². The second-order valence-corrected chi connectivity index (χ2v) is 13.0. The van der Waals surface area contributed by atoms with E-state index in [1.807, 2.05) is 0 Å². The van der Waals surface area contributed by atoms with Crippen LogP contribution in [0.15, 0.2) is 29.0 Å². The maximum atomic E-state index is 14.4. The molecule has 11 nitrogen and oxygen atoms in total. The van der Waals surface area contributed by atoms with E-state index in [9.17, 15) is 39.6 Å². The highest BCUT2D eigenvalue weighted by Crippen LogP contribution is 2.57. The van der Waals surface area contributed by atoms with Crippen LogP contribution in [0.5, 0.6) is 5.75 Å². The smallest absolute Gasteiger partial charge is 0.309 e. The average molecular weight is 695 g/mol. The number of hydrogen-bond donors (Lipinski definition) is 5. The van der Waals surface area contributed by atoms with Gasteiger partial charge in [0.05, 0.1) is 23.4 Å². The van der Waals surface area contributed by atoms with Gasteiger partial charge in [-0.1, -0.05) is 26.2 Å². The average Bonchev–Trinajstić information content (AvgIpc) is 2.95. The number of hydrogen-bond acceptors (Lipinski definition) is 10. The van der Waals surface area contributed by atoms with Gasteiger partial charge in [0.25, 0.3) is 5.91 Å². The van der Waals surface area contributed by atoms with E-state index in [2.05, 4.69) is 27.9 Å². The maximum Gasteiger partial charge on any atom is 0.309 e. The molecule has 12 heteroatoms. The van der Waals surface area contributed by atoms with E-state index in [0.717, 1.165) is 19.3 Å². The molecule has 4 aliphatic rings. The molecule has 1 aromatic rings. The Labute approximate surface area is 256 Å². The molecule has 1 aromatic carbocycles. The van der Waals surface area contributed by atoms with E-state index in [1.54, 1.807) is 13.0 Å². The van der Waals surface area contributed by atoms with Gasteiger partial charge in [0, 0.05) is 22.1 Å². The zero-order valence-corrected chi connectivity index (χ0v) is 26.0. The summed E-state index contributed by atoms with van der Waals surface area (Å²) in [5.74, 6) is -9.23. The fourth-order valence-electron chi connectivity index (χ4n) is 7.43. The topological polar surface area (TPSA) is 174 Å². The highest BCUT2D eigenvalue weighted by atomic mass is 127. The van der Waals surface area contributed by atoms with E-state index >= 15 is 0 Å². The van der Waals surface area contributed by atoms with Crippen LogP contribution in [0.3, 0.4) is 0 Å². The third-order valence-corrected chi connectivity index (χ3v) is 10.4. The van der Waals surface area contributed by atoms with Crippen LogP contribution in [0.1, 0.15) is 56.1 Å². The van der Waals surface area contributed by atoms with Crippen molar-refractivity contribution >= 4 is 51.8 Å². The summed E-state index contributed by atoms with van der Waals surface area (Å²) in [6.07, 6.45) is 2.50. The number of ketones is 2. The minimum absolute atomic E-state index is 0.000512. The molecule has 0 heterocycles. The standard InChI is InChI=1S/C30H35IN2O9/c1-12-16-14(31)10-11-15(34)18(16)23(35)19-17(12)25(42-29(40)13-8-6-5-7-9-13)21-22(33(3)4)24(36)20(28(39)32-2)27(38)30(21,41)26(19)37/h10-13,17,21-22,25,34-35,38,41H,5-9H2,1-4H3,(H,32,39)/t12-,17+,21+,22-,25-,30-/m0/s1. The van der Waals surface area contributed by atoms with Crippen molar-refractivity contribution in [1.82, 2.24) is 10.2 Å². The van der Waals surface area contributed by atoms with Crippen molar-refractivity contribution in [3.05, 3.63) is 43.7 Å². The lowest BCUT2D eigenvalue weighted by molar-refractivity contribution is -0.188. The molecule has 1 amide bonds. The van der Waals surface area contributed by atoms with Gasteiger partial charge < -0.3 is 30.5 Å². The summed E-state index contributed by atoms with van der Waals surface area (Å²) in [6, 6.07) is 1.68. The molecule has 6 atom stereocenters. The zero-order valence-electron chi connectivity index (χ0n) is 23.8. The van der Waals surface area contributed by atoms with Crippen LogP contribution in [-0.2, 0) is 23.9 Å². The Morgan fingerprint density at radius 2 is 1.74 bits per heavy atom. The number of likely N-dealkylation sites (N-methyl/N-ethyl adjacent to an activating group) is 2. The molecule has 2 saturated carbocycles. The van der Waals surface area contributed by atoms with Gasteiger partial charge in [-0.05, 0) is 73.1 Å². The number of benzene rings is 1. The lowest BCUT2D eigenvalue weighted by atomic mass is 9.54. The van der Waals surface area contributed by atoms with Crippen LogP contribution in [0.4, 0.5) is 0 Å². The molecule has 2 fully saturated rings. The van der Waals surface area contributed by atoms with Gasteiger partial charge in [-0.25, -0.2) is 0 Å². The van der Waals surface area contributed by atoms with Gasteiger partial charge in [0.15, 0.2) is 11.4 Å². The Hall–Kier alpha value is -2.97. The monoisotopic (exact) mass is 694 g/mol. The first-order valence-corrected chi connectivity index (χ1v) is 15.2. The predicted octanol–water partition coefficient (Wildman–Crippen LogP) is 2.49. The Morgan fingerprint density at radius 3 is 2.33 bits per heavy atom. The summed E-state index contributed by atoms with van der Waals surface area (Å²) in [6.45, 7) is 1.76. The number of Topliss-reactive ketones (excluding diaryl/α,β-unsaturated/α-hetero) is 2. The van der Waals surface area contributed by atoms with Crippen LogP contribution in [0.2, 0.25) is 0 Å². The number of nitrogens with one attached hydrogen (secondary N) is 1. The van der Waals surface area contributed by atoms with Crippen molar-refractivity contribution in [3.8, 4) is 5.75 Å². The van der Waals surface area contributed by atoms with Gasteiger partial charge >= 0.3 is 5.97 Å². The summed E-state index contributed by atoms with van der Waals surface area (Å²) < 4.78 is 6.89. The number of phenolic OH excluding ortho intramolecular Hbond substituents is 1. The first kappa shape index (κ1) is 30.5. The van der Waals surface area contributed by atoms with Crippen LogP contribution in [-0.4, -0.2) is 87.7 Å². The van der Waals surface area contributed by atoms with Crippen LogP contribution in [0, 0.1) is 21.3 Å². The number of nitrogens with zero attached hydrogens (tertiary/aromatic N) is 1. The van der Waals surface area contributed by atoms with Crippen LogP contribution < -0.4 is 5.32 Å². The number of carbonyl (C=O) groups is 4. The summed E-state index contributed by atoms with van der Waals surface area (Å²) in [5.41, 5.74) is -3.52. The third-order valence-electron chi connectivity index (χ3n) is 9.42. The molecule has 0 unspecified atom stereocenters. The lowest BCUT2D eigenvalue weighted by Gasteiger charge is -2.54. The molecule has 0 spiro atoms. The summed E-state index contributed by atoms with van der Waals surface area (Å²) in [7, 11) is 4.30. The maximum absolute atomic E-state index is 14.4. The molecule has 0 bridgehead atoms. The number of ether oxygens (including phenoxy) is 1. The first-order chi connectivity index (χ1) is 19.8. The van der Waals surface area contributed by atoms with Crippen molar-refractivity contribution in [2.24, 2.45) is 17.8 Å². The first-order valence-electron chi connectivity index (χ1n) is 14.1. The number of rotatable bonds is 4. The highest BCUT2D eigenvalue weighted by molar-refractivity contribution is 14.1. The van der Waals surface area contributed by atoms with Crippen molar-refractivity contribution in [2.75, 3.05) is 21.1 Å². The molecular formula is C30H35IN2O9. The Kier molecular flexibility index (Phi) is 7.94. The summed E-state index contributed by atoms with van der Waals surface area (Å²) >= 11 is 2.06. The minimum Gasteiger partial charge on any atom is -0.508 e. The van der Waals surface area contributed by atoms with Crippen LogP contribution in [0.25, 0.3) is 5.76 Å². The Bertz CT molecular complexity index is 1440. The fraction of sp³-hybridized carbons (Fsp3) is 0.533. The zero-order chi connectivity index (χ0) is 30.8. The number of amides is 1. The SMILES string of the molecule is CNC(=O)C1=C(O)[C@@]2(O)C(=O)C3=C(O)c4c(O)ccc(I)c4[C@H](C)[C@H]3[C@H](OC(=O)C3CCCCC3)[C@H]2[C@H](N(C)C)C1=O. The van der Waals surface area contributed by atoms with Gasteiger partial charge in [-0.15, -0.1) is 0 Å². The Balaban J connectivity index is 1.81. The molecule has 0 saturated heterocycles. The summed E-state index contributed by atoms with van der Waals surface area (Å²) in [5, 5.41) is 48.3. The van der Waals surface area contributed by atoms with Crippen molar-refractivity contribution in [1.29, 1.82) is 0 Å². The van der Waals surface area contributed by atoms with Gasteiger partial charge in [0.2, 0.25) is 5.78 Å². The number of phenols is 1. The number of fused-ring (bicyclic) bond motifs is 3. The van der Waals surface area contributed by atoms with Crippen molar-refractivity contribution in [2.45, 2.75) is 62.7 Å². The van der Waals surface area contributed by atoms with E-state index < -0.39 is 82.0 Å². The second kappa shape index (κ2) is 10.9. The quantitative estimate of drug-likeness (QED) is 0.179. The molecular weight excluding hydrogens is 659 g/mol. The molecule has 5 rings (SSSR count). The van der Waals surface area contributed by atoms with E-state index in [1.165, 1.54) is 32.1 Å². The predicted molar refractivity (Wildman–Crippen MR) is 158 cm³/mol. The van der Waals surface area contributed by atoms with E-state index in [-0.39, 0.29) is 16.9 Å². The van der Waals surface area contributed by atoms with Gasteiger partial charge in [-0.3, -0.25) is 24.1 Å². The molecule has 4 aliphatic carbocycles. The van der Waals surface area contributed by atoms with E-state index in [0.29, 0.717) is 22.0 Å². The molecule has 0 radical (unpaired) electrons. The van der Waals surface area contributed by atoms with Crippen molar-refractivity contribution in [3.63, 3.8) is 0 Å². The molecule has 0 aliphatic heterocycles. The fourth-order valence-corrected chi connectivity index (χ4v) is 8.37. The number of aliphatic hydroxyl groups excluding tert-OH is 2. The molecule has 5 N–H and O–H groups in total. The lowest BCUT2D eigenvalue weighted by Crippen LogP contribution is -2.71. The molecule has 226 valence electrons. The minimum atomic E-state index is -2.91. The molecule has 42 heavy (non-hydrogen) atoms.